The minimum absolute atomic E-state index is 0.619. The molecule has 3 nitrogen and oxygen atoms in total. The zero-order valence-corrected chi connectivity index (χ0v) is 15.9. The van der Waals surface area contributed by atoms with Crippen molar-refractivity contribution >= 4 is 33.2 Å². The van der Waals surface area contributed by atoms with E-state index < -0.39 is 0 Å². The molecule has 0 heterocycles. The van der Waals surface area contributed by atoms with Crippen LogP contribution in [-0.4, -0.2) is 13.7 Å². The first-order valence-corrected chi connectivity index (χ1v) is 8.71. The van der Waals surface area contributed by atoms with Gasteiger partial charge >= 0.3 is 0 Å². The van der Waals surface area contributed by atoms with E-state index in [2.05, 4.69) is 28.2 Å². The molecule has 0 unspecified atom stereocenters. The monoisotopic (exact) mass is 397 g/mol. The fraction of sp³-hybridized carbons (Fsp3) is 0.333. The summed E-state index contributed by atoms with van der Waals surface area (Å²) in [6.45, 7) is 5.34. The smallest absolute Gasteiger partial charge is 0.166 e. The number of anilines is 1. The molecule has 5 heteroatoms. The summed E-state index contributed by atoms with van der Waals surface area (Å²) >= 11 is 9.70. The maximum Gasteiger partial charge on any atom is 0.166 e. The van der Waals surface area contributed by atoms with Crippen molar-refractivity contribution < 1.29 is 9.47 Å². The van der Waals surface area contributed by atoms with Gasteiger partial charge in [-0.15, -0.1) is 0 Å². The zero-order valence-electron chi connectivity index (χ0n) is 13.6. The van der Waals surface area contributed by atoms with Gasteiger partial charge in [0.1, 0.15) is 0 Å². The molecule has 0 aliphatic rings. The van der Waals surface area contributed by atoms with Gasteiger partial charge in [-0.1, -0.05) is 40.5 Å². The van der Waals surface area contributed by atoms with Crippen molar-refractivity contribution in [3.63, 3.8) is 0 Å². The van der Waals surface area contributed by atoms with Crippen molar-refractivity contribution in [2.75, 3.05) is 19.0 Å². The molecule has 0 bridgehead atoms. The van der Waals surface area contributed by atoms with Gasteiger partial charge in [-0.25, -0.2) is 0 Å². The molecule has 0 aromatic heterocycles. The highest BCUT2D eigenvalue weighted by Crippen LogP contribution is 2.35. The normalized spacial score (nSPS) is 10.5. The lowest BCUT2D eigenvalue weighted by Gasteiger charge is -2.16. The molecule has 0 amide bonds. The first-order chi connectivity index (χ1) is 11.0. The van der Waals surface area contributed by atoms with Gasteiger partial charge < -0.3 is 14.8 Å². The van der Waals surface area contributed by atoms with Crippen LogP contribution in [0.15, 0.2) is 34.8 Å². The fourth-order valence-corrected chi connectivity index (χ4v) is 2.84. The highest BCUT2D eigenvalue weighted by molar-refractivity contribution is 9.10. The van der Waals surface area contributed by atoms with E-state index in [1.807, 2.05) is 37.3 Å². The van der Waals surface area contributed by atoms with Crippen LogP contribution in [0.1, 0.15) is 24.5 Å². The lowest BCUT2D eigenvalue weighted by molar-refractivity contribution is 0.291. The number of hydrogen-bond donors (Lipinski definition) is 1. The second-order valence-corrected chi connectivity index (χ2v) is 6.59. The summed E-state index contributed by atoms with van der Waals surface area (Å²) in [7, 11) is 1.65. The summed E-state index contributed by atoms with van der Waals surface area (Å²) in [5, 5.41) is 4.14. The molecule has 1 N–H and O–H groups in total. The molecular formula is C18H21BrClNO2. The number of halogens is 2. The standard InChI is InChI=1S/C18H21BrClNO2/c1-4-7-23-18-13(8-14(19)9-17(18)22-3)11-21-15-6-5-12(2)16(20)10-15/h5-6,8-10,21H,4,7,11H2,1-3H3. The Labute approximate surface area is 151 Å². The van der Waals surface area contributed by atoms with Crippen LogP contribution < -0.4 is 14.8 Å². The fourth-order valence-electron chi connectivity index (χ4n) is 2.17. The van der Waals surface area contributed by atoms with Crippen molar-refractivity contribution in [1.29, 1.82) is 0 Å². The van der Waals surface area contributed by atoms with E-state index in [-0.39, 0.29) is 0 Å². The Hall–Kier alpha value is -1.39. The van der Waals surface area contributed by atoms with E-state index in [4.69, 9.17) is 21.1 Å². The Morgan fingerprint density at radius 3 is 2.65 bits per heavy atom. The summed E-state index contributed by atoms with van der Waals surface area (Å²) in [5.74, 6) is 1.51. The molecule has 0 saturated carbocycles. The first-order valence-electron chi connectivity index (χ1n) is 7.54. The highest BCUT2D eigenvalue weighted by atomic mass is 79.9. The number of methoxy groups -OCH3 is 1. The summed E-state index contributed by atoms with van der Waals surface area (Å²) in [6, 6.07) is 9.90. The van der Waals surface area contributed by atoms with E-state index >= 15 is 0 Å². The Morgan fingerprint density at radius 1 is 1.22 bits per heavy atom. The molecule has 2 aromatic rings. The van der Waals surface area contributed by atoms with Crippen molar-refractivity contribution in [3.8, 4) is 11.5 Å². The summed E-state index contributed by atoms with van der Waals surface area (Å²) in [4.78, 5) is 0. The summed E-state index contributed by atoms with van der Waals surface area (Å²) in [6.07, 6.45) is 0.944. The topological polar surface area (TPSA) is 30.5 Å². The average molecular weight is 399 g/mol. The van der Waals surface area contributed by atoms with Crippen LogP contribution in [0.2, 0.25) is 5.02 Å². The van der Waals surface area contributed by atoms with Crippen LogP contribution in [0, 0.1) is 6.92 Å². The molecule has 0 saturated heterocycles. The maximum absolute atomic E-state index is 6.18. The SMILES string of the molecule is CCCOc1c(CNc2ccc(C)c(Cl)c2)cc(Br)cc1OC. The second kappa shape index (κ2) is 8.46. The van der Waals surface area contributed by atoms with Crippen LogP contribution >= 0.6 is 27.5 Å². The van der Waals surface area contributed by atoms with Gasteiger partial charge in [0.15, 0.2) is 11.5 Å². The van der Waals surface area contributed by atoms with Gasteiger partial charge in [0.05, 0.1) is 13.7 Å². The third-order valence-electron chi connectivity index (χ3n) is 3.42. The predicted molar refractivity (Wildman–Crippen MR) is 100.0 cm³/mol. The Morgan fingerprint density at radius 2 is 2.00 bits per heavy atom. The van der Waals surface area contributed by atoms with Crippen molar-refractivity contribution in [2.24, 2.45) is 0 Å². The molecular weight excluding hydrogens is 378 g/mol. The van der Waals surface area contributed by atoms with E-state index in [0.717, 1.165) is 44.2 Å². The van der Waals surface area contributed by atoms with Crippen LogP contribution in [0.3, 0.4) is 0 Å². The van der Waals surface area contributed by atoms with Crippen LogP contribution in [-0.2, 0) is 6.54 Å². The van der Waals surface area contributed by atoms with Crippen LogP contribution in [0.5, 0.6) is 11.5 Å². The number of hydrogen-bond acceptors (Lipinski definition) is 3. The van der Waals surface area contributed by atoms with Crippen molar-refractivity contribution in [3.05, 3.63) is 51.0 Å². The van der Waals surface area contributed by atoms with E-state index in [1.165, 1.54) is 0 Å². The van der Waals surface area contributed by atoms with Gasteiger partial charge in [-0.3, -0.25) is 0 Å². The molecule has 23 heavy (non-hydrogen) atoms. The minimum Gasteiger partial charge on any atom is -0.493 e. The second-order valence-electron chi connectivity index (χ2n) is 5.26. The van der Waals surface area contributed by atoms with E-state index in [0.29, 0.717) is 13.2 Å². The third-order valence-corrected chi connectivity index (χ3v) is 4.29. The van der Waals surface area contributed by atoms with Gasteiger partial charge in [0, 0.05) is 27.3 Å². The van der Waals surface area contributed by atoms with Gasteiger partial charge in [-0.05, 0) is 43.2 Å². The molecule has 0 aliphatic carbocycles. The van der Waals surface area contributed by atoms with E-state index in [9.17, 15) is 0 Å². The van der Waals surface area contributed by atoms with Gasteiger partial charge in [0.25, 0.3) is 0 Å². The number of benzene rings is 2. The van der Waals surface area contributed by atoms with Gasteiger partial charge in [-0.2, -0.15) is 0 Å². The molecule has 0 spiro atoms. The predicted octanol–water partition coefficient (Wildman–Crippen LogP) is 5.82. The minimum atomic E-state index is 0.619. The lowest BCUT2D eigenvalue weighted by Crippen LogP contribution is -2.06. The lowest BCUT2D eigenvalue weighted by atomic mass is 10.1. The van der Waals surface area contributed by atoms with E-state index in [1.54, 1.807) is 7.11 Å². The van der Waals surface area contributed by atoms with Crippen molar-refractivity contribution in [1.82, 2.24) is 0 Å². The number of ether oxygens (including phenoxy) is 2. The van der Waals surface area contributed by atoms with Crippen LogP contribution in [0.25, 0.3) is 0 Å². The first kappa shape index (κ1) is 18.0. The Balaban J connectivity index is 2.23. The largest absolute Gasteiger partial charge is 0.493 e. The maximum atomic E-state index is 6.18. The summed E-state index contributed by atoms with van der Waals surface area (Å²) in [5.41, 5.74) is 3.07. The Kier molecular flexibility index (Phi) is 6.60. The van der Waals surface area contributed by atoms with Crippen LogP contribution in [0.4, 0.5) is 5.69 Å². The average Bonchev–Trinajstić information content (AvgIpc) is 2.54. The summed E-state index contributed by atoms with van der Waals surface area (Å²) < 4.78 is 12.3. The molecule has 2 aromatic carbocycles. The number of aryl methyl sites for hydroxylation is 1. The third kappa shape index (κ3) is 4.79. The molecule has 0 radical (unpaired) electrons. The molecule has 2 rings (SSSR count). The molecule has 0 atom stereocenters. The highest BCUT2D eigenvalue weighted by Gasteiger charge is 2.13. The molecule has 124 valence electrons. The Bertz CT molecular complexity index is 676. The zero-order chi connectivity index (χ0) is 16.8. The van der Waals surface area contributed by atoms with Gasteiger partial charge in [0.2, 0.25) is 0 Å². The molecule has 0 aliphatic heterocycles. The number of nitrogens with one attached hydrogen (secondary N) is 1. The van der Waals surface area contributed by atoms with Crippen molar-refractivity contribution in [2.45, 2.75) is 26.8 Å². The molecule has 0 fully saturated rings. The number of rotatable bonds is 7. The quantitative estimate of drug-likeness (QED) is 0.637.